The summed E-state index contributed by atoms with van der Waals surface area (Å²) in [5, 5.41) is 8.75. The van der Waals surface area contributed by atoms with E-state index < -0.39 is 0 Å². The van der Waals surface area contributed by atoms with Gasteiger partial charge < -0.3 is 9.84 Å². The number of hydrogen-bond donors (Lipinski definition) is 1. The van der Waals surface area contributed by atoms with Crippen molar-refractivity contribution >= 4 is 23.5 Å². The summed E-state index contributed by atoms with van der Waals surface area (Å²) >= 11 is 4.04. The van der Waals surface area contributed by atoms with E-state index in [2.05, 4.69) is 36.1 Å². The summed E-state index contributed by atoms with van der Waals surface area (Å²) in [7, 11) is 0. The summed E-state index contributed by atoms with van der Waals surface area (Å²) in [5.41, 5.74) is 0. The first kappa shape index (κ1) is 13.8. The van der Waals surface area contributed by atoms with E-state index in [0.717, 1.165) is 24.7 Å². The smallest absolute Gasteiger partial charge is 0.231 e. The molecule has 4 unspecified atom stereocenters. The lowest BCUT2D eigenvalue weighted by atomic mass is 10.0. The van der Waals surface area contributed by atoms with Crippen LogP contribution >= 0.6 is 23.5 Å². The fourth-order valence-corrected chi connectivity index (χ4v) is 5.83. The van der Waals surface area contributed by atoms with Gasteiger partial charge in [-0.15, -0.1) is 11.8 Å². The topological polar surface area (TPSA) is 51.0 Å². The zero-order chi connectivity index (χ0) is 13.2. The Balaban J connectivity index is 1.76. The Labute approximate surface area is 122 Å². The van der Waals surface area contributed by atoms with Gasteiger partial charge in [-0.1, -0.05) is 12.1 Å². The molecule has 1 aromatic heterocycles. The molecule has 0 bridgehead atoms. The van der Waals surface area contributed by atoms with E-state index in [1.165, 1.54) is 17.9 Å². The minimum atomic E-state index is 0.391. The first-order chi connectivity index (χ1) is 9.29. The van der Waals surface area contributed by atoms with Gasteiger partial charge in [0.15, 0.2) is 5.82 Å². The molecule has 3 rings (SSSR count). The summed E-state index contributed by atoms with van der Waals surface area (Å²) in [6, 6.07) is 0.448. The normalized spacial score (nSPS) is 35.7. The molecule has 0 amide bonds. The van der Waals surface area contributed by atoms with Crippen LogP contribution in [-0.2, 0) is 0 Å². The van der Waals surface area contributed by atoms with Crippen molar-refractivity contribution in [3.05, 3.63) is 11.7 Å². The molecule has 6 heteroatoms. The van der Waals surface area contributed by atoms with Crippen molar-refractivity contribution in [3.63, 3.8) is 0 Å². The van der Waals surface area contributed by atoms with Crippen molar-refractivity contribution in [1.82, 2.24) is 15.5 Å². The average molecular weight is 299 g/mol. The molecule has 19 heavy (non-hydrogen) atoms. The molecule has 0 radical (unpaired) electrons. The van der Waals surface area contributed by atoms with Crippen LogP contribution in [0.2, 0.25) is 0 Å². The van der Waals surface area contributed by atoms with Gasteiger partial charge in [-0.05, 0) is 26.3 Å². The Kier molecular flexibility index (Phi) is 4.39. The Morgan fingerprint density at radius 2 is 2.21 bits per heavy atom. The summed E-state index contributed by atoms with van der Waals surface area (Å²) in [6.45, 7) is 5.50. The van der Waals surface area contributed by atoms with E-state index >= 15 is 0 Å². The second-order valence-corrected chi connectivity index (χ2v) is 7.83. The molecule has 4 atom stereocenters. The van der Waals surface area contributed by atoms with Crippen molar-refractivity contribution in [2.75, 3.05) is 18.1 Å². The minimum absolute atomic E-state index is 0.391. The molecule has 0 aromatic carbocycles. The van der Waals surface area contributed by atoms with Crippen molar-refractivity contribution in [3.8, 4) is 0 Å². The van der Waals surface area contributed by atoms with E-state index in [0.29, 0.717) is 22.5 Å². The summed E-state index contributed by atoms with van der Waals surface area (Å²) in [5.74, 6) is 4.57. The summed E-state index contributed by atoms with van der Waals surface area (Å²) in [6.07, 6.45) is 2.28. The first-order valence-electron chi connectivity index (χ1n) is 7.09. The lowest BCUT2D eigenvalue weighted by Gasteiger charge is -2.27. The molecule has 2 aliphatic heterocycles. The highest BCUT2D eigenvalue weighted by molar-refractivity contribution is 8.06. The lowest BCUT2D eigenvalue weighted by molar-refractivity contribution is 0.341. The number of nitrogens with one attached hydrogen (secondary N) is 1. The lowest BCUT2D eigenvalue weighted by Crippen LogP contribution is -2.22. The number of nitrogens with zero attached hydrogens (tertiary/aromatic N) is 2. The largest absolute Gasteiger partial charge is 0.339 e. The fourth-order valence-electron chi connectivity index (χ4n) is 2.85. The molecule has 2 aliphatic rings. The maximum absolute atomic E-state index is 5.54. The van der Waals surface area contributed by atoms with E-state index in [1.807, 2.05) is 11.8 Å². The number of rotatable bonds is 3. The predicted molar refractivity (Wildman–Crippen MR) is 80.9 cm³/mol. The van der Waals surface area contributed by atoms with Gasteiger partial charge in [0.05, 0.1) is 11.2 Å². The molecule has 3 heterocycles. The Bertz CT molecular complexity index is 426. The molecule has 106 valence electrons. The van der Waals surface area contributed by atoms with Crippen LogP contribution < -0.4 is 5.32 Å². The zero-order valence-electron chi connectivity index (χ0n) is 11.5. The van der Waals surface area contributed by atoms with E-state index in [-0.39, 0.29) is 0 Å². The van der Waals surface area contributed by atoms with Gasteiger partial charge in [0, 0.05) is 22.8 Å². The molecule has 2 saturated heterocycles. The van der Waals surface area contributed by atoms with Crippen LogP contribution in [0.4, 0.5) is 0 Å². The molecule has 0 aliphatic carbocycles. The molecular weight excluding hydrogens is 278 g/mol. The maximum atomic E-state index is 5.54. The third kappa shape index (κ3) is 2.81. The van der Waals surface area contributed by atoms with E-state index in [1.54, 1.807) is 0 Å². The fraction of sp³-hybridized carbons (Fsp3) is 0.846. The molecule has 1 N–H and O–H groups in total. The molecular formula is C13H21N3OS2. The quantitative estimate of drug-likeness (QED) is 0.926. The highest BCUT2D eigenvalue weighted by atomic mass is 32.2. The zero-order valence-corrected chi connectivity index (χ0v) is 13.1. The summed E-state index contributed by atoms with van der Waals surface area (Å²) < 4.78 is 5.54. The average Bonchev–Trinajstić information content (AvgIpc) is 3.07. The Morgan fingerprint density at radius 3 is 2.95 bits per heavy atom. The SMILES string of the molecule is CCC1SCCSC1c1noc(C2CCNC2C)n1. The minimum Gasteiger partial charge on any atom is -0.339 e. The molecule has 0 saturated carbocycles. The number of aromatic nitrogens is 2. The highest BCUT2D eigenvalue weighted by Crippen LogP contribution is 2.43. The third-order valence-corrected chi connectivity index (χ3v) is 7.25. The number of thioether (sulfide) groups is 2. The maximum Gasteiger partial charge on any atom is 0.231 e. The molecule has 1 aromatic rings. The van der Waals surface area contributed by atoms with Crippen LogP contribution in [0.25, 0.3) is 0 Å². The van der Waals surface area contributed by atoms with Gasteiger partial charge in [0.1, 0.15) is 0 Å². The van der Waals surface area contributed by atoms with Gasteiger partial charge in [-0.25, -0.2) is 0 Å². The molecule has 2 fully saturated rings. The van der Waals surface area contributed by atoms with Crippen LogP contribution in [0.3, 0.4) is 0 Å². The van der Waals surface area contributed by atoms with Gasteiger partial charge in [-0.3, -0.25) is 0 Å². The molecule has 0 spiro atoms. The van der Waals surface area contributed by atoms with E-state index in [4.69, 9.17) is 9.51 Å². The van der Waals surface area contributed by atoms with Gasteiger partial charge in [-0.2, -0.15) is 16.7 Å². The molecule has 4 nitrogen and oxygen atoms in total. The van der Waals surface area contributed by atoms with Crippen molar-refractivity contribution in [2.45, 2.75) is 49.1 Å². The second kappa shape index (κ2) is 6.06. The van der Waals surface area contributed by atoms with Gasteiger partial charge >= 0.3 is 0 Å². The number of hydrogen-bond acceptors (Lipinski definition) is 6. The Hall–Kier alpha value is -0.200. The van der Waals surface area contributed by atoms with Gasteiger partial charge in [0.2, 0.25) is 5.89 Å². The predicted octanol–water partition coefficient (Wildman–Crippen LogP) is 2.83. The van der Waals surface area contributed by atoms with Crippen LogP contribution in [-0.4, -0.2) is 39.5 Å². The van der Waals surface area contributed by atoms with Crippen LogP contribution in [0.5, 0.6) is 0 Å². The highest BCUT2D eigenvalue weighted by Gasteiger charge is 2.33. The third-order valence-electron chi connectivity index (χ3n) is 4.01. The van der Waals surface area contributed by atoms with Gasteiger partial charge in [0.25, 0.3) is 0 Å². The monoisotopic (exact) mass is 299 g/mol. The van der Waals surface area contributed by atoms with Crippen LogP contribution in [0.1, 0.15) is 49.6 Å². The van der Waals surface area contributed by atoms with E-state index in [9.17, 15) is 0 Å². The first-order valence-corrected chi connectivity index (χ1v) is 9.19. The standard InChI is InChI=1S/C13H21N3OS2/c1-3-10-11(19-7-6-18-10)12-15-13(17-16-12)9-4-5-14-8(9)2/h8-11,14H,3-7H2,1-2H3. The Morgan fingerprint density at radius 1 is 1.37 bits per heavy atom. The van der Waals surface area contributed by atoms with Crippen LogP contribution in [0, 0.1) is 0 Å². The van der Waals surface area contributed by atoms with Crippen LogP contribution in [0.15, 0.2) is 4.52 Å². The van der Waals surface area contributed by atoms with Crippen molar-refractivity contribution in [2.24, 2.45) is 0 Å². The van der Waals surface area contributed by atoms with Crippen molar-refractivity contribution < 1.29 is 4.52 Å². The summed E-state index contributed by atoms with van der Waals surface area (Å²) in [4.78, 5) is 4.71. The van der Waals surface area contributed by atoms with Crippen molar-refractivity contribution in [1.29, 1.82) is 0 Å². The second-order valence-electron chi connectivity index (χ2n) is 5.24.